The van der Waals surface area contributed by atoms with Gasteiger partial charge < -0.3 is 9.64 Å². The lowest BCUT2D eigenvalue weighted by Gasteiger charge is -2.65. The van der Waals surface area contributed by atoms with Crippen LogP contribution in [0.15, 0.2) is 36.4 Å². The molecule has 4 nitrogen and oxygen atoms in total. The second-order valence-corrected chi connectivity index (χ2v) is 9.73. The quantitative estimate of drug-likeness (QED) is 0.742. The summed E-state index contributed by atoms with van der Waals surface area (Å²) in [7, 11) is 0. The third-order valence-corrected chi connectivity index (χ3v) is 6.74. The van der Waals surface area contributed by atoms with E-state index in [1.165, 1.54) is 0 Å². The lowest BCUT2D eigenvalue weighted by atomic mass is 9.49. The van der Waals surface area contributed by atoms with Crippen molar-refractivity contribution in [2.45, 2.75) is 60.2 Å². The molecule has 2 aromatic carbocycles. The standard InChI is InChI=1S/C25H28N2O2/c1-15-7-8-18-14-27(21(28)20(18)11-15)22-24(3,4)23(25(22,5)6)29-19-10-9-17(13-26)16(2)12-19/h7-12,22-23H,14H2,1-6H3/t22-,23-. The van der Waals surface area contributed by atoms with Crippen molar-refractivity contribution in [3.63, 3.8) is 0 Å². The molecule has 0 atom stereocenters. The molecule has 29 heavy (non-hydrogen) atoms. The molecule has 1 fully saturated rings. The van der Waals surface area contributed by atoms with Crippen molar-refractivity contribution < 1.29 is 9.53 Å². The lowest BCUT2D eigenvalue weighted by Crippen LogP contribution is -2.74. The van der Waals surface area contributed by atoms with Gasteiger partial charge in [0.15, 0.2) is 0 Å². The summed E-state index contributed by atoms with van der Waals surface area (Å²) in [5.74, 6) is 0.903. The summed E-state index contributed by atoms with van der Waals surface area (Å²) in [5, 5.41) is 9.16. The molecule has 0 radical (unpaired) electrons. The fourth-order valence-corrected chi connectivity index (χ4v) is 5.83. The molecule has 0 unspecified atom stereocenters. The normalized spacial score (nSPS) is 23.9. The Kier molecular flexibility index (Phi) is 4.27. The number of hydrogen-bond acceptors (Lipinski definition) is 3. The predicted molar refractivity (Wildman–Crippen MR) is 113 cm³/mol. The van der Waals surface area contributed by atoms with Crippen molar-refractivity contribution in [2.24, 2.45) is 10.8 Å². The third-order valence-electron chi connectivity index (χ3n) is 6.74. The summed E-state index contributed by atoms with van der Waals surface area (Å²) < 4.78 is 6.44. The summed E-state index contributed by atoms with van der Waals surface area (Å²) in [6.45, 7) is 13.4. The first-order valence-corrected chi connectivity index (χ1v) is 10.1. The molecule has 4 rings (SSSR count). The van der Waals surface area contributed by atoms with Crippen LogP contribution in [0.1, 0.15) is 60.3 Å². The Balaban J connectivity index is 1.60. The van der Waals surface area contributed by atoms with Gasteiger partial charge in [-0.2, -0.15) is 5.26 Å². The summed E-state index contributed by atoms with van der Waals surface area (Å²) >= 11 is 0. The van der Waals surface area contributed by atoms with E-state index in [9.17, 15) is 4.79 Å². The molecule has 1 saturated carbocycles. The van der Waals surface area contributed by atoms with E-state index in [-0.39, 0.29) is 28.9 Å². The van der Waals surface area contributed by atoms with E-state index in [1.54, 1.807) is 0 Å². The number of ether oxygens (including phenoxy) is 1. The second kappa shape index (κ2) is 6.35. The Morgan fingerprint density at radius 1 is 1.07 bits per heavy atom. The van der Waals surface area contributed by atoms with Crippen molar-refractivity contribution >= 4 is 5.91 Å². The molecule has 150 valence electrons. The molecule has 2 aromatic rings. The van der Waals surface area contributed by atoms with Crippen LogP contribution in [0, 0.1) is 36.0 Å². The number of nitriles is 1. The van der Waals surface area contributed by atoms with Gasteiger partial charge in [-0.15, -0.1) is 0 Å². The van der Waals surface area contributed by atoms with Crippen LogP contribution in [-0.4, -0.2) is 23.0 Å². The third kappa shape index (κ3) is 2.83. The average molecular weight is 389 g/mol. The molecule has 0 saturated heterocycles. The Morgan fingerprint density at radius 3 is 2.38 bits per heavy atom. The molecule has 0 N–H and O–H groups in total. The van der Waals surface area contributed by atoms with E-state index in [0.717, 1.165) is 28.0 Å². The monoisotopic (exact) mass is 388 g/mol. The van der Waals surface area contributed by atoms with E-state index in [1.807, 2.05) is 43.0 Å². The number of rotatable bonds is 3. The molecule has 1 amide bonds. The minimum Gasteiger partial charge on any atom is -0.489 e. The van der Waals surface area contributed by atoms with Crippen LogP contribution >= 0.6 is 0 Å². The fourth-order valence-electron chi connectivity index (χ4n) is 5.83. The highest BCUT2D eigenvalue weighted by molar-refractivity contribution is 5.99. The largest absolute Gasteiger partial charge is 0.489 e. The Hall–Kier alpha value is -2.80. The van der Waals surface area contributed by atoms with E-state index in [2.05, 4.69) is 45.9 Å². The highest BCUT2D eigenvalue weighted by Crippen LogP contribution is 2.59. The zero-order valence-corrected chi connectivity index (χ0v) is 18.0. The minimum atomic E-state index is -0.196. The number of fused-ring (bicyclic) bond motifs is 1. The van der Waals surface area contributed by atoms with Crippen LogP contribution in [-0.2, 0) is 6.54 Å². The maximum atomic E-state index is 13.2. The van der Waals surface area contributed by atoms with Gasteiger partial charge in [-0.3, -0.25) is 4.79 Å². The number of benzene rings is 2. The van der Waals surface area contributed by atoms with Crippen molar-refractivity contribution in [3.05, 3.63) is 64.2 Å². The van der Waals surface area contributed by atoms with Gasteiger partial charge in [0, 0.05) is 29.0 Å². The van der Waals surface area contributed by atoms with Crippen LogP contribution in [0.5, 0.6) is 5.75 Å². The fraction of sp³-hybridized carbons (Fsp3) is 0.440. The Labute approximate surface area is 173 Å². The topological polar surface area (TPSA) is 53.3 Å². The molecule has 4 heteroatoms. The average Bonchev–Trinajstić information content (AvgIpc) is 2.95. The number of aryl methyl sites for hydroxylation is 2. The molecule has 0 bridgehead atoms. The highest BCUT2D eigenvalue weighted by atomic mass is 16.5. The molecule has 1 aliphatic carbocycles. The van der Waals surface area contributed by atoms with Crippen molar-refractivity contribution in [1.82, 2.24) is 4.90 Å². The lowest BCUT2D eigenvalue weighted by molar-refractivity contribution is -0.199. The number of carbonyl (C=O) groups excluding carboxylic acids is 1. The second-order valence-electron chi connectivity index (χ2n) is 9.73. The smallest absolute Gasteiger partial charge is 0.254 e. The molecule has 1 heterocycles. The van der Waals surface area contributed by atoms with Crippen molar-refractivity contribution in [3.8, 4) is 11.8 Å². The summed E-state index contributed by atoms with van der Waals surface area (Å²) in [6.07, 6.45) is -0.0365. The minimum absolute atomic E-state index is 0.0365. The zero-order chi connectivity index (χ0) is 21.1. The molecular weight excluding hydrogens is 360 g/mol. The number of hydrogen-bond donors (Lipinski definition) is 0. The predicted octanol–water partition coefficient (Wildman–Crippen LogP) is 5.01. The van der Waals surface area contributed by atoms with E-state index < -0.39 is 0 Å². The molecule has 1 aliphatic heterocycles. The van der Waals surface area contributed by atoms with Gasteiger partial charge in [0.1, 0.15) is 11.9 Å². The Morgan fingerprint density at radius 2 is 1.76 bits per heavy atom. The molecule has 2 aliphatic rings. The van der Waals surface area contributed by atoms with E-state index >= 15 is 0 Å². The summed E-state index contributed by atoms with van der Waals surface area (Å²) in [5.41, 5.74) is 4.25. The summed E-state index contributed by atoms with van der Waals surface area (Å²) in [4.78, 5) is 15.2. The van der Waals surface area contributed by atoms with Gasteiger partial charge in [0.2, 0.25) is 0 Å². The SMILES string of the molecule is Cc1ccc2c(c1)C(=O)N([C@H]1C(C)(C)[C@H](Oc3ccc(C#N)c(C)c3)C1(C)C)C2. The van der Waals surface area contributed by atoms with Gasteiger partial charge in [0.05, 0.1) is 11.6 Å². The number of nitrogens with zero attached hydrogens (tertiary/aromatic N) is 2. The maximum Gasteiger partial charge on any atom is 0.254 e. The van der Waals surface area contributed by atoms with Gasteiger partial charge in [-0.1, -0.05) is 45.4 Å². The van der Waals surface area contributed by atoms with Crippen LogP contribution in [0.25, 0.3) is 0 Å². The van der Waals surface area contributed by atoms with Crippen molar-refractivity contribution in [2.75, 3.05) is 0 Å². The zero-order valence-electron chi connectivity index (χ0n) is 18.0. The number of amides is 1. The van der Waals surface area contributed by atoms with Gasteiger partial charge in [-0.25, -0.2) is 0 Å². The van der Waals surface area contributed by atoms with Crippen LogP contribution in [0.4, 0.5) is 0 Å². The Bertz CT molecular complexity index is 1030. The van der Waals surface area contributed by atoms with Gasteiger partial charge in [0.25, 0.3) is 5.91 Å². The van der Waals surface area contributed by atoms with Crippen molar-refractivity contribution in [1.29, 1.82) is 5.26 Å². The summed E-state index contributed by atoms with van der Waals surface area (Å²) in [6, 6.07) is 14.0. The molecule has 0 spiro atoms. The highest BCUT2D eigenvalue weighted by Gasteiger charge is 2.66. The van der Waals surface area contributed by atoms with Gasteiger partial charge in [-0.05, 0) is 49.2 Å². The number of carbonyl (C=O) groups is 1. The van der Waals surface area contributed by atoms with E-state index in [0.29, 0.717) is 12.1 Å². The van der Waals surface area contributed by atoms with Crippen LogP contribution < -0.4 is 4.74 Å². The molecule has 0 aromatic heterocycles. The first-order chi connectivity index (χ1) is 13.6. The molecular formula is C25H28N2O2. The van der Waals surface area contributed by atoms with Gasteiger partial charge >= 0.3 is 0 Å². The maximum absolute atomic E-state index is 13.2. The van der Waals surface area contributed by atoms with E-state index in [4.69, 9.17) is 10.00 Å². The first-order valence-electron chi connectivity index (χ1n) is 10.1. The van der Waals surface area contributed by atoms with Crippen LogP contribution in [0.3, 0.4) is 0 Å². The first kappa shape index (κ1) is 19.5. The van der Waals surface area contributed by atoms with Crippen LogP contribution in [0.2, 0.25) is 0 Å².